The molecule has 0 aliphatic rings. The standard InChI is InChI=1S/C11H9N5O4/c12-4-8(9(13)14)16-15-7-2-1-5(10(17)18)3-6(7)11(19)20/h1-3,15H,(H3,13,14)(H,17,18)(H,19,20)/b16-8+. The maximum atomic E-state index is 11.0. The summed E-state index contributed by atoms with van der Waals surface area (Å²) in [7, 11) is 0. The molecular formula is C11H9N5O4. The van der Waals surface area contributed by atoms with Crippen molar-refractivity contribution in [1.29, 1.82) is 10.7 Å². The number of carboxylic acids is 2. The molecule has 1 aromatic rings. The van der Waals surface area contributed by atoms with E-state index in [9.17, 15) is 9.59 Å². The highest BCUT2D eigenvalue weighted by molar-refractivity contribution is 6.45. The van der Waals surface area contributed by atoms with Crippen molar-refractivity contribution in [2.45, 2.75) is 0 Å². The molecule has 9 heteroatoms. The normalized spacial score (nSPS) is 10.4. The van der Waals surface area contributed by atoms with E-state index in [0.29, 0.717) is 0 Å². The second-order valence-electron chi connectivity index (χ2n) is 3.47. The number of hydrogen-bond acceptors (Lipinski definition) is 6. The fourth-order valence-corrected chi connectivity index (χ4v) is 1.21. The molecule has 102 valence electrons. The molecule has 0 amide bonds. The van der Waals surface area contributed by atoms with Gasteiger partial charge in [0.2, 0.25) is 5.71 Å². The summed E-state index contributed by atoms with van der Waals surface area (Å²) in [6.45, 7) is 0. The number of nitrogens with zero attached hydrogens (tertiary/aromatic N) is 2. The predicted molar refractivity (Wildman–Crippen MR) is 68.9 cm³/mol. The smallest absolute Gasteiger partial charge is 0.337 e. The number of anilines is 1. The zero-order valence-electron chi connectivity index (χ0n) is 9.91. The third-order valence-electron chi connectivity index (χ3n) is 2.15. The first-order chi connectivity index (χ1) is 9.36. The fraction of sp³-hybridized carbons (Fsp3) is 0. The van der Waals surface area contributed by atoms with Gasteiger partial charge in [-0.2, -0.15) is 10.4 Å². The molecule has 0 aliphatic heterocycles. The van der Waals surface area contributed by atoms with Crippen molar-refractivity contribution < 1.29 is 19.8 Å². The molecule has 1 aromatic carbocycles. The number of nitriles is 1. The molecule has 0 bridgehead atoms. The van der Waals surface area contributed by atoms with E-state index in [0.717, 1.165) is 6.07 Å². The van der Waals surface area contributed by atoms with Gasteiger partial charge >= 0.3 is 11.9 Å². The number of nitrogens with one attached hydrogen (secondary N) is 2. The van der Waals surface area contributed by atoms with E-state index in [2.05, 4.69) is 10.5 Å². The van der Waals surface area contributed by atoms with Crippen molar-refractivity contribution in [3.8, 4) is 6.07 Å². The van der Waals surface area contributed by atoms with E-state index >= 15 is 0 Å². The van der Waals surface area contributed by atoms with Crippen LogP contribution in [0.25, 0.3) is 0 Å². The molecule has 0 spiro atoms. The Morgan fingerprint density at radius 3 is 2.45 bits per heavy atom. The van der Waals surface area contributed by atoms with Crippen LogP contribution in [-0.2, 0) is 0 Å². The number of amidine groups is 1. The Morgan fingerprint density at radius 2 is 2.00 bits per heavy atom. The number of rotatable bonds is 5. The molecule has 0 fully saturated rings. The molecule has 0 aromatic heterocycles. The van der Waals surface area contributed by atoms with Gasteiger partial charge in [0, 0.05) is 0 Å². The van der Waals surface area contributed by atoms with Crippen molar-refractivity contribution in [3.63, 3.8) is 0 Å². The Bertz CT molecular complexity index is 659. The molecule has 20 heavy (non-hydrogen) atoms. The van der Waals surface area contributed by atoms with Crippen LogP contribution >= 0.6 is 0 Å². The Morgan fingerprint density at radius 1 is 1.35 bits per heavy atom. The van der Waals surface area contributed by atoms with Gasteiger partial charge in [-0.1, -0.05) is 0 Å². The minimum Gasteiger partial charge on any atom is -0.478 e. The number of benzene rings is 1. The van der Waals surface area contributed by atoms with E-state index in [4.69, 9.17) is 26.6 Å². The van der Waals surface area contributed by atoms with Gasteiger partial charge in [-0.25, -0.2) is 9.59 Å². The maximum Gasteiger partial charge on any atom is 0.337 e. The van der Waals surface area contributed by atoms with Crippen LogP contribution in [0.15, 0.2) is 23.3 Å². The summed E-state index contributed by atoms with van der Waals surface area (Å²) >= 11 is 0. The number of aromatic carboxylic acids is 2. The van der Waals surface area contributed by atoms with Crippen LogP contribution in [0, 0.1) is 16.7 Å². The van der Waals surface area contributed by atoms with Gasteiger partial charge in [-0.05, 0) is 18.2 Å². The molecule has 0 saturated heterocycles. The maximum absolute atomic E-state index is 11.0. The van der Waals surface area contributed by atoms with E-state index in [-0.39, 0.29) is 16.8 Å². The van der Waals surface area contributed by atoms with Crippen LogP contribution in [0.2, 0.25) is 0 Å². The average molecular weight is 275 g/mol. The minimum absolute atomic E-state index is 0.0310. The first-order valence-electron chi connectivity index (χ1n) is 5.05. The fourth-order valence-electron chi connectivity index (χ4n) is 1.21. The van der Waals surface area contributed by atoms with E-state index in [1.165, 1.54) is 12.1 Å². The first-order valence-corrected chi connectivity index (χ1v) is 5.05. The molecule has 0 heterocycles. The highest BCUT2D eigenvalue weighted by atomic mass is 16.4. The molecule has 6 N–H and O–H groups in total. The number of hydrazone groups is 1. The number of carbonyl (C=O) groups is 2. The number of nitrogens with two attached hydrogens (primary N) is 1. The number of carboxylic acid groups (broad SMARTS) is 2. The van der Waals surface area contributed by atoms with Crippen LogP contribution < -0.4 is 11.2 Å². The van der Waals surface area contributed by atoms with Gasteiger partial charge in [0.1, 0.15) is 6.07 Å². The highest BCUT2D eigenvalue weighted by Gasteiger charge is 2.14. The minimum atomic E-state index is -1.37. The van der Waals surface area contributed by atoms with Crippen LogP contribution in [0.5, 0.6) is 0 Å². The molecule has 0 atom stereocenters. The van der Waals surface area contributed by atoms with Crippen LogP contribution in [0.4, 0.5) is 5.69 Å². The molecule has 0 saturated carbocycles. The largest absolute Gasteiger partial charge is 0.478 e. The second-order valence-corrected chi connectivity index (χ2v) is 3.47. The molecule has 0 unspecified atom stereocenters. The topological polar surface area (TPSA) is 173 Å². The van der Waals surface area contributed by atoms with Gasteiger partial charge in [0.05, 0.1) is 16.8 Å². The summed E-state index contributed by atoms with van der Waals surface area (Å²) in [5.74, 6) is -3.23. The lowest BCUT2D eigenvalue weighted by atomic mass is 10.1. The van der Waals surface area contributed by atoms with Crippen molar-refractivity contribution in [2.75, 3.05) is 5.43 Å². The lowest BCUT2D eigenvalue weighted by Gasteiger charge is -2.06. The Labute approximate surface area is 112 Å². The van der Waals surface area contributed by atoms with Gasteiger partial charge in [0.25, 0.3) is 0 Å². The molecule has 1 rings (SSSR count). The third-order valence-corrected chi connectivity index (χ3v) is 2.15. The monoisotopic (exact) mass is 275 g/mol. The van der Waals surface area contributed by atoms with E-state index < -0.39 is 23.5 Å². The first kappa shape index (κ1) is 14.7. The van der Waals surface area contributed by atoms with Crippen molar-refractivity contribution >= 4 is 29.2 Å². The van der Waals surface area contributed by atoms with Gasteiger partial charge in [0.15, 0.2) is 5.84 Å². The molecular weight excluding hydrogens is 266 g/mol. The predicted octanol–water partition coefficient (Wildman–Crippen LogP) is 0.310. The summed E-state index contributed by atoms with van der Waals surface area (Å²) in [5, 5.41) is 36.9. The summed E-state index contributed by atoms with van der Waals surface area (Å²) in [6.07, 6.45) is 0. The van der Waals surface area contributed by atoms with Gasteiger partial charge in [-0.15, -0.1) is 0 Å². The molecule has 9 nitrogen and oxygen atoms in total. The summed E-state index contributed by atoms with van der Waals surface area (Å²) < 4.78 is 0. The lowest BCUT2D eigenvalue weighted by Crippen LogP contribution is -2.22. The second kappa shape index (κ2) is 5.96. The molecule has 0 aliphatic carbocycles. The summed E-state index contributed by atoms with van der Waals surface area (Å²) in [5.41, 5.74) is 6.33. The van der Waals surface area contributed by atoms with Gasteiger partial charge in [-0.3, -0.25) is 10.8 Å². The lowest BCUT2D eigenvalue weighted by molar-refractivity contribution is 0.0696. The zero-order valence-corrected chi connectivity index (χ0v) is 9.91. The summed E-state index contributed by atoms with van der Waals surface area (Å²) in [4.78, 5) is 21.8. The third kappa shape index (κ3) is 3.30. The average Bonchev–Trinajstić information content (AvgIpc) is 2.38. The van der Waals surface area contributed by atoms with Gasteiger partial charge < -0.3 is 15.9 Å². The Hall–Kier alpha value is -3.41. The Balaban J connectivity index is 3.20. The SMILES string of the molecule is N#C/C(=N\Nc1ccc(C(=O)O)cc1C(=O)O)C(=N)N. The van der Waals surface area contributed by atoms with Crippen molar-refractivity contribution in [2.24, 2.45) is 10.8 Å². The van der Waals surface area contributed by atoms with Crippen LogP contribution in [0.1, 0.15) is 20.7 Å². The quantitative estimate of drug-likeness (QED) is 0.292. The number of hydrogen-bond donors (Lipinski definition) is 5. The van der Waals surface area contributed by atoms with Crippen LogP contribution in [-0.4, -0.2) is 33.7 Å². The molecule has 0 radical (unpaired) electrons. The van der Waals surface area contributed by atoms with E-state index in [1.54, 1.807) is 6.07 Å². The van der Waals surface area contributed by atoms with Crippen molar-refractivity contribution in [1.82, 2.24) is 0 Å². The summed E-state index contributed by atoms with van der Waals surface area (Å²) in [6, 6.07) is 4.85. The highest BCUT2D eigenvalue weighted by Crippen LogP contribution is 2.18. The van der Waals surface area contributed by atoms with E-state index in [1.807, 2.05) is 0 Å². The van der Waals surface area contributed by atoms with Crippen LogP contribution in [0.3, 0.4) is 0 Å². The van der Waals surface area contributed by atoms with Crippen molar-refractivity contribution in [3.05, 3.63) is 29.3 Å². The Kier molecular flexibility index (Phi) is 4.37. The zero-order chi connectivity index (χ0) is 15.3.